The Morgan fingerprint density at radius 2 is 2.00 bits per heavy atom. The lowest BCUT2D eigenvalue weighted by atomic mass is 10.1. The summed E-state index contributed by atoms with van der Waals surface area (Å²) in [5.74, 6) is 0.476. The molecule has 4 nitrogen and oxygen atoms in total. The summed E-state index contributed by atoms with van der Waals surface area (Å²) in [4.78, 5) is 0.206. The summed E-state index contributed by atoms with van der Waals surface area (Å²) in [6.07, 6.45) is 4.65. The third-order valence-corrected chi connectivity index (χ3v) is 6.36. The lowest BCUT2D eigenvalue weighted by Crippen LogP contribution is -2.31. The Kier molecular flexibility index (Phi) is 5.66. The number of hydrogen-bond donors (Lipinski definition) is 1. The molecule has 1 saturated carbocycles. The van der Waals surface area contributed by atoms with Crippen molar-refractivity contribution in [2.75, 3.05) is 20.6 Å². The molecule has 1 aliphatic rings. The Bertz CT molecular complexity index is 583. The predicted octanol–water partition coefficient (Wildman–Crippen LogP) is 2.87. The van der Waals surface area contributed by atoms with Gasteiger partial charge in [0, 0.05) is 20.1 Å². The molecule has 1 aromatic carbocycles. The molecule has 1 aromatic rings. The van der Waals surface area contributed by atoms with Crippen LogP contribution < -0.4 is 5.32 Å². The second-order valence-corrected chi connectivity index (χ2v) is 8.15. The molecule has 0 radical (unpaired) electrons. The molecule has 0 saturated heterocycles. The van der Waals surface area contributed by atoms with Crippen LogP contribution in [0.4, 0.5) is 0 Å². The highest BCUT2D eigenvalue weighted by Gasteiger charge is 2.27. The summed E-state index contributed by atoms with van der Waals surface area (Å²) in [5.41, 5.74) is 0.912. The standard InChI is InChI=1S/C15H23ClN2O2S/c1-17-10-13-7-8-14(16)15(9-13)21(19,20)18(2)11-12-5-3-4-6-12/h7-9,12,17H,3-6,10-11H2,1-2H3. The maximum Gasteiger partial charge on any atom is 0.244 e. The number of nitrogens with one attached hydrogen (secondary N) is 1. The molecule has 6 heteroatoms. The van der Waals surface area contributed by atoms with E-state index in [-0.39, 0.29) is 9.92 Å². The van der Waals surface area contributed by atoms with Crippen LogP contribution in [0, 0.1) is 5.92 Å². The predicted molar refractivity (Wildman–Crippen MR) is 86.0 cm³/mol. The van der Waals surface area contributed by atoms with Gasteiger partial charge in [-0.2, -0.15) is 0 Å². The van der Waals surface area contributed by atoms with Gasteiger partial charge in [0.1, 0.15) is 4.90 Å². The van der Waals surface area contributed by atoms with Crippen molar-refractivity contribution in [3.8, 4) is 0 Å². The third-order valence-electron chi connectivity index (χ3n) is 4.05. The van der Waals surface area contributed by atoms with Crippen LogP contribution in [0.15, 0.2) is 23.1 Å². The van der Waals surface area contributed by atoms with Crippen LogP contribution in [0.3, 0.4) is 0 Å². The number of sulfonamides is 1. The topological polar surface area (TPSA) is 49.4 Å². The second kappa shape index (κ2) is 7.09. The molecule has 0 unspecified atom stereocenters. The van der Waals surface area contributed by atoms with Gasteiger partial charge in [-0.05, 0) is 43.5 Å². The Morgan fingerprint density at radius 1 is 1.33 bits per heavy atom. The molecule has 0 atom stereocenters. The van der Waals surface area contributed by atoms with Crippen molar-refractivity contribution in [1.82, 2.24) is 9.62 Å². The van der Waals surface area contributed by atoms with E-state index in [1.807, 2.05) is 13.1 Å². The largest absolute Gasteiger partial charge is 0.316 e. The van der Waals surface area contributed by atoms with E-state index in [1.165, 1.54) is 17.1 Å². The van der Waals surface area contributed by atoms with Crippen molar-refractivity contribution in [1.29, 1.82) is 0 Å². The first-order valence-electron chi connectivity index (χ1n) is 7.34. The second-order valence-electron chi connectivity index (χ2n) is 5.73. The molecule has 1 N–H and O–H groups in total. The average molecular weight is 331 g/mol. The van der Waals surface area contributed by atoms with Crippen molar-refractivity contribution in [3.05, 3.63) is 28.8 Å². The van der Waals surface area contributed by atoms with Crippen molar-refractivity contribution in [2.45, 2.75) is 37.1 Å². The van der Waals surface area contributed by atoms with E-state index >= 15 is 0 Å². The van der Waals surface area contributed by atoms with Crippen molar-refractivity contribution in [2.24, 2.45) is 5.92 Å². The molecule has 0 amide bonds. The molecule has 1 fully saturated rings. The first-order valence-corrected chi connectivity index (χ1v) is 9.16. The first kappa shape index (κ1) is 16.7. The zero-order valence-corrected chi connectivity index (χ0v) is 14.2. The van der Waals surface area contributed by atoms with Gasteiger partial charge in [0.05, 0.1) is 5.02 Å². The van der Waals surface area contributed by atoms with Gasteiger partial charge in [0.2, 0.25) is 10.0 Å². The normalized spacial score (nSPS) is 16.8. The van der Waals surface area contributed by atoms with Crippen molar-refractivity contribution < 1.29 is 8.42 Å². The van der Waals surface area contributed by atoms with Gasteiger partial charge in [-0.3, -0.25) is 0 Å². The first-order chi connectivity index (χ1) is 9.95. The Hall–Kier alpha value is -0.620. The number of hydrogen-bond acceptors (Lipinski definition) is 3. The van der Waals surface area contributed by atoms with Gasteiger partial charge < -0.3 is 5.32 Å². The minimum absolute atomic E-state index is 0.206. The highest BCUT2D eigenvalue weighted by Crippen LogP contribution is 2.29. The summed E-state index contributed by atoms with van der Waals surface area (Å²) in [5, 5.41) is 3.30. The van der Waals surface area contributed by atoms with Crippen LogP contribution in [-0.4, -0.2) is 33.4 Å². The van der Waals surface area contributed by atoms with Crippen LogP contribution in [0.25, 0.3) is 0 Å². The molecule has 0 aromatic heterocycles. The lowest BCUT2D eigenvalue weighted by Gasteiger charge is -2.21. The minimum Gasteiger partial charge on any atom is -0.316 e. The summed E-state index contributed by atoms with van der Waals surface area (Å²) < 4.78 is 26.9. The molecule has 2 rings (SSSR count). The fourth-order valence-electron chi connectivity index (χ4n) is 2.88. The fraction of sp³-hybridized carbons (Fsp3) is 0.600. The van der Waals surface area contributed by atoms with Crippen LogP contribution >= 0.6 is 11.6 Å². The Morgan fingerprint density at radius 3 is 2.62 bits per heavy atom. The molecular weight excluding hydrogens is 308 g/mol. The van der Waals surface area contributed by atoms with Gasteiger partial charge in [-0.25, -0.2) is 12.7 Å². The van der Waals surface area contributed by atoms with Crippen LogP contribution in [0.5, 0.6) is 0 Å². The average Bonchev–Trinajstić information content (AvgIpc) is 2.94. The van der Waals surface area contributed by atoms with E-state index < -0.39 is 10.0 Å². The molecule has 0 heterocycles. The number of benzene rings is 1. The fourth-order valence-corrected chi connectivity index (χ4v) is 4.65. The van der Waals surface area contributed by atoms with E-state index in [9.17, 15) is 8.42 Å². The quantitative estimate of drug-likeness (QED) is 0.872. The molecule has 0 spiro atoms. The van der Waals surface area contributed by atoms with E-state index in [0.717, 1.165) is 18.4 Å². The minimum atomic E-state index is -3.52. The number of nitrogens with zero attached hydrogens (tertiary/aromatic N) is 1. The third kappa shape index (κ3) is 3.97. The van der Waals surface area contributed by atoms with Crippen molar-refractivity contribution >= 4 is 21.6 Å². The monoisotopic (exact) mass is 330 g/mol. The Balaban J connectivity index is 2.22. The highest BCUT2D eigenvalue weighted by molar-refractivity contribution is 7.89. The van der Waals surface area contributed by atoms with Gasteiger partial charge in [0.15, 0.2) is 0 Å². The van der Waals surface area contributed by atoms with E-state index in [0.29, 0.717) is 19.0 Å². The lowest BCUT2D eigenvalue weighted by molar-refractivity contribution is 0.387. The molecule has 0 bridgehead atoms. The maximum absolute atomic E-state index is 12.7. The SMILES string of the molecule is CNCc1ccc(Cl)c(S(=O)(=O)N(C)CC2CCCC2)c1. The van der Waals surface area contributed by atoms with Crippen LogP contribution in [-0.2, 0) is 16.6 Å². The summed E-state index contributed by atoms with van der Waals surface area (Å²) >= 11 is 6.12. The molecule has 118 valence electrons. The van der Waals surface area contributed by atoms with E-state index in [4.69, 9.17) is 11.6 Å². The van der Waals surface area contributed by atoms with Gasteiger partial charge in [0.25, 0.3) is 0 Å². The van der Waals surface area contributed by atoms with E-state index in [1.54, 1.807) is 19.2 Å². The summed E-state index contributed by atoms with van der Waals surface area (Å²) in [6, 6.07) is 5.17. The van der Waals surface area contributed by atoms with Crippen molar-refractivity contribution in [3.63, 3.8) is 0 Å². The zero-order valence-electron chi connectivity index (χ0n) is 12.6. The van der Waals surface area contributed by atoms with Crippen LogP contribution in [0.2, 0.25) is 5.02 Å². The molecule has 21 heavy (non-hydrogen) atoms. The Labute approximate surface area is 132 Å². The number of rotatable bonds is 6. The zero-order chi connectivity index (χ0) is 15.5. The van der Waals surface area contributed by atoms with Gasteiger partial charge in [-0.15, -0.1) is 0 Å². The maximum atomic E-state index is 12.7. The van der Waals surface area contributed by atoms with Crippen LogP contribution in [0.1, 0.15) is 31.2 Å². The summed E-state index contributed by atoms with van der Waals surface area (Å²) in [6.45, 7) is 1.20. The molecular formula is C15H23ClN2O2S. The molecule has 0 aliphatic heterocycles. The summed E-state index contributed by atoms with van der Waals surface area (Å²) in [7, 11) is -0.0484. The van der Waals surface area contributed by atoms with E-state index in [2.05, 4.69) is 5.32 Å². The molecule has 1 aliphatic carbocycles. The smallest absolute Gasteiger partial charge is 0.244 e. The van der Waals surface area contributed by atoms with Gasteiger partial charge >= 0.3 is 0 Å². The number of halogens is 1. The van der Waals surface area contributed by atoms with Gasteiger partial charge in [-0.1, -0.05) is 30.5 Å². The highest BCUT2D eigenvalue weighted by atomic mass is 35.5.